The van der Waals surface area contributed by atoms with E-state index < -0.39 is 0 Å². The fourth-order valence-electron chi connectivity index (χ4n) is 2.63. The summed E-state index contributed by atoms with van der Waals surface area (Å²) in [4.78, 5) is 11.7. The highest BCUT2D eigenvalue weighted by Crippen LogP contribution is 2.42. The van der Waals surface area contributed by atoms with E-state index in [0.717, 1.165) is 25.7 Å². The van der Waals surface area contributed by atoms with Gasteiger partial charge >= 0.3 is 5.97 Å². The number of nitrogens with one attached hydrogen (secondary N) is 1. The van der Waals surface area contributed by atoms with Gasteiger partial charge in [0.25, 0.3) is 0 Å². The maximum Gasteiger partial charge on any atom is 0.322 e. The number of methoxy groups -OCH3 is 2. The Hall–Kier alpha value is -0.610. The molecule has 0 amide bonds. The molecule has 18 heavy (non-hydrogen) atoms. The molecule has 1 aliphatic carbocycles. The molecule has 0 radical (unpaired) electrons. The molecule has 0 saturated heterocycles. The third-order valence-electron chi connectivity index (χ3n) is 4.20. The van der Waals surface area contributed by atoms with Crippen LogP contribution in [0.3, 0.4) is 0 Å². The first-order valence-electron chi connectivity index (χ1n) is 6.84. The standard InChI is InChI=1S/C14H27NO3/c1-6-7-8-10(13(16)18-5)15-11-9-12(17-4)14(11,2)3/h10-12,15H,6-9H2,1-5H3. The van der Waals surface area contributed by atoms with Crippen LogP contribution in [0.4, 0.5) is 0 Å². The van der Waals surface area contributed by atoms with Gasteiger partial charge in [0.1, 0.15) is 6.04 Å². The SMILES string of the molecule is CCCCC(NC1CC(OC)C1(C)C)C(=O)OC. The van der Waals surface area contributed by atoms with Crippen molar-refractivity contribution in [2.45, 2.75) is 64.6 Å². The van der Waals surface area contributed by atoms with Gasteiger partial charge in [-0.25, -0.2) is 0 Å². The van der Waals surface area contributed by atoms with Crippen LogP contribution in [0.15, 0.2) is 0 Å². The molecule has 0 aromatic rings. The summed E-state index contributed by atoms with van der Waals surface area (Å²) in [6.45, 7) is 6.48. The van der Waals surface area contributed by atoms with E-state index in [2.05, 4.69) is 26.1 Å². The van der Waals surface area contributed by atoms with Gasteiger partial charge in [-0.15, -0.1) is 0 Å². The van der Waals surface area contributed by atoms with Crippen LogP contribution < -0.4 is 5.32 Å². The quantitative estimate of drug-likeness (QED) is 0.710. The molecule has 3 unspecified atom stereocenters. The summed E-state index contributed by atoms with van der Waals surface area (Å²) in [6, 6.07) is 0.139. The Labute approximate surface area is 110 Å². The molecule has 1 saturated carbocycles. The van der Waals surface area contributed by atoms with Crippen LogP contribution in [0.2, 0.25) is 0 Å². The zero-order valence-electron chi connectivity index (χ0n) is 12.3. The number of carbonyl (C=O) groups is 1. The van der Waals surface area contributed by atoms with Crippen molar-refractivity contribution in [3.63, 3.8) is 0 Å². The van der Waals surface area contributed by atoms with E-state index in [1.54, 1.807) is 7.11 Å². The van der Waals surface area contributed by atoms with Gasteiger partial charge in [-0.05, 0) is 12.8 Å². The first-order valence-corrected chi connectivity index (χ1v) is 6.84. The summed E-state index contributed by atoms with van der Waals surface area (Å²) in [5, 5.41) is 3.44. The molecule has 4 heteroatoms. The van der Waals surface area contributed by atoms with E-state index in [9.17, 15) is 4.79 Å². The lowest BCUT2D eigenvalue weighted by Gasteiger charge is -2.52. The lowest BCUT2D eigenvalue weighted by Crippen LogP contribution is -2.63. The van der Waals surface area contributed by atoms with Crippen LogP contribution in [-0.2, 0) is 14.3 Å². The highest BCUT2D eigenvalue weighted by molar-refractivity contribution is 5.75. The number of hydrogen-bond acceptors (Lipinski definition) is 4. The van der Waals surface area contributed by atoms with Gasteiger partial charge in [-0.3, -0.25) is 4.79 Å². The number of esters is 1. The Balaban J connectivity index is 2.54. The molecule has 3 atom stereocenters. The summed E-state index contributed by atoms with van der Waals surface area (Å²) < 4.78 is 10.3. The smallest absolute Gasteiger partial charge is 0.322 e. The predicted molar refractivity (Wildman–Crippen MR) is 71.4 cm³/mol. The van der Waals surface area contributed by atoms with Crippen molar-refractivity contribution in [3.8, 4) is 0 Å². The molecular formula is C14H27NO3. The fourth-order valence-corrected chi connectivity index (χ4v) is 2.63. The molecule has 1 fully saturated rings. The Bertz CT molecular complexity index is 278. The zero-order valence-corrected chi connectivity index (χ0v) is 12.3. The zero-order chi connectivity index (χ0) is 13.8. The van der Waals surface area contributed by atoms with E-state index >= 15 is 0 Å². The van der Waals surface area contributed by atoms with Gasteiger partial charge in [0, 0.05) is 18.6 Å². The van der Waals surface area contributed by atoms with Crippen molar-refractivity contribution in [3.05, 3.63) is 0 Å². The van der Waals surface area contributed by atoms with Crippen LogP contribution in [0.1, 0.15) is 46.5 Å². The molecule has 1 N–H and O–H groups in total. The van der Waals surface area contributed by atoms with Crippen molar-refractivity contribution in [1.82, 2.24) is 5.32 Å². The van der Waals surface area contributed by atoms with Crippen LogP contribution in [0.5, 0.6) is 0 Å². The third kappa shape index (κ3) is 3.23. The molecular weight excluding hydrogens is 230 g/mol. The summed E-state index contributed by atoms with van der Waals surface area (Å²) in [7, 11) is 3.20. The molecule has 106 valence electrons. The average Bonchev–Trinajstić information content (AvgIpc) is 2.36. The van der Waals surface area contributed by atoms with E-state index in [4.69, 9.17) is 9.47 Å². The molecule has 1 aliphatic rings. The monoisotopic (exact) mass is 257 g/mol. The van der Waals surface area contributed by atoms with Gasteiger partial charge in [-0.1, -0.05) is 33.6 Å². The summed E-state index contributed by atoms with van der Waals surface area (Å²) in [6.07, 6.45) is 4.20. The Morgan fingerprint density at radius 2 is 2.11 bits per heavy atom. The fraction of sp³-hybridized carbons (Fsp3) is 0.929. The Morgan fingerprint density at radius 3 is 2.56 bits per heavy atom. The molecule has 0 spiro atoms. The summed E-state index contributed by atoms with van der Waals surface area (Å²) in [5.74, 6) is -0.153. The summed E-state index contributed by atoms with van der Waals surface area (Å²) >= 11 is 0. The molecule has 0 aromatic carbocycles. The second-order valence-electron chi connectivity index (χ2n) is 5.72. The number of carbonyl (C=O) groups excluding carboxylic acids is 1. The first-order chi connectivity index (χ1) is 8.47. The molecule has 0 aliphatic heterocycles. The van der Waals surface area contributed by atoms with Gasteiger partial charge in [0.05, 0.1) is 13.2 Å². The van der Waals surface area contributed by atoms with E-state index in [1.807, 2.05) is 0 Å². The molecule has 0 heterocycles. The van der Waals surface area contributed by atoms with Crippen LogP contribution in [0, 0.1) is 5.41 Å². The second-order valence-corrected chi connectivity index (χ2v) is 5.72. The van der Waals surface area contributed by atoms with Crippen molar-refractivity contribution < 1.29 is 14.3 Å². The van der Waals surface area contributed by atoms with Crippen molar-refractivity contribution in [1.29, 1.82) is 0 Å². The molecule has 4 nitrogen and oxygen atoms in total. The molecule has 0 aromatic heterocycles. The van der Waals surface area contributed by atoms with E-state index in [0.29, 0.717) is 6.04 Å². The summed E-state index contributed by atoms with van der Waals surface area (Å²) in [5.41, 5.74) is 0.0766. The van der Waals surface area contributed by atoms with Gasteiger partial charge < -0.3 is 14.8 Å². The average molecular weight is 257 g/mol. The Kier molecular flexibility index (Phi) is 5.60. The van der Waals surface area contributed by atoms with Gasteiger partial charge in [0.15, 0.2) is 0 Å². The van der Waals surface area contributed by atoms with Crippen molar-refractivity contribution >= 4 is 5.97 Å². The van der Waals surface area contributed by atoms with Crippen molar-refractivity contribution in [2.24, 2.45) is 5.41 Å². The maximum absolute atomic E-state index is 11.7. The van der Waals surface area contributed by atoms with Crippen molar-refractivity contribution in [2.75, 3.05) is 14.2 Å². The number of ether oxygens (including phenoxy) is 2. The number of rotatable bonds is 7. The normalized spacial score (nSPS) is 27.4. The highest BCUT2D eigenvalue weighted by Gasteiger charge is 2.49. The topological polar surface area (TPSA) is 47.6 Å². The van der Waals surface area contributed by atoms with Gasteiger partial charge in [0.2, 0.25) is 0 Å². The van der Waals surface area contributed by atoms with Crippen LogP contribution in [0.25, 0.3) is 0 Å². The van der Waals surface area contributed by atoms with E-state index in [-0.39, 0.29) is 23.5 Å². The minimum absolute atomic E-state index is 0.0766. The van der Waals surface area contributed by atoms with Crippen LogP contribution in [-0.4, -0.2) is 38.4 Å². The lowest BCUT2D eigenvalue weighted by atomic mass is 9.64. The lowest BCUT2D eigenvalue weighted by molar-refractivity contribution is -0.146. The van der Waals surface area contributed by atoms with E-state index in [1.165, 1.54) is 7.11 Å². The van der Waals surface area contributed by atoms with Gasteiger partial charge in [-0.2, -0.15) is 0 Å². The minimum atomic E-state index is -0.183. The minimum Gasteiger partial charge on any atom is -0.468 e. The first kappa shape index (κ1) is 15.4. The number of unbranched alkanes of at least 4 members (excludes halogenated alkanes) is 1. The largest absolute Gasteiger partial charge is 0.468 e. The number of hydrogen-bond donors (Lipinski definition) is 1. The predicted octanol–water partition coefficient (Wildman–Crippen LogP) is 2.12. The Morgan fingerprint density at radius 1 is 1.44 bits per heavy atom. The molecule has 0 bridgehead atoms. The maximum atomic E-state index is 11.7. The second kappa shape index (κ2) is 6.53. The molecule has 1 rings (SSSR count). The highest BCUT2D eigenvalue weighted by atomic mass is 16.5. The van der Waals surface area contributed by atoms with Crippen LogP contribution >= 0.6 is 0 Å². The third-order valence-corrected chi connectivity index (χ3v) is 4.20.